The maximum atomic E-state index is 5.31. The minimum atomic E-state index is 0. The Bertz CT molecular complexity index is 546. The lowest BCUT2D eigenvalue weighted by atomic mass is 9.83. The van der Waals surface area contributed by atoms with Crippen LogP contribution >= 0.6 is 24.0 Å². The number of nitrogens with one attached hydrogen (secondary N) is 2. The minimum absolute atomic E-state index is 0. The van der Waals surface area contributed by atoms with Crippen molar-refractivity contribution in [2.75, 3.05) is 34.4 Å². The summed E-state index contributed by atoms with van der Waals surface area (Å²) in [6.07, 6.45) is 6.32. The molecule has 26 heavy (non-hydrogen) atoms. The summed E-state index contributed by atoms with van der Waals surface area (Å²) in [5, 5.41) is 6.95. The van der Waals surface area contributed by atoms with Gasteiger partial charge in [-0.1, -0.05) is 37.1 Å². The van der Waals surface area contributed by atoms with Crippen molar-refractivity contribution in [1.82, 2.24) is 10.6 Å². The minimum Gasteiger partial charge on any atom is -0.385 e. The molecule has 0 radical (unpaired) electrons. The number of nitrogens with zero attached hydrogens (tertiary/aromatic N) is 1. The second-order valence-electron chi connectivity index (χ2n) is 6.98. The number of hydrogen-bond acceptors (Lipinski definition) is 3. The lowest BCUT2D eigenvalue weighted by molar-refractivity contribution is 0.138. The Morgan fingerprint density at radius 3 is 2.50 bits per heavy atom. The normalized spacial score (nSPS) is 16.2. The predicted molar refractivity (Wildman–Crippen MR) is 118 cm³/mol. The molecule has 0 atom stereocenters. The highest BCUT2D eigenvalue weighted by atomic mass is 127. The van der Waals surface area contributed by atoms with Gasteiger partial charge in [0.25, 0.3) is 0 Å². The van der Waals surface area contributed by atoms with Crippen molar-refractivity contribution in [3.8, 4) is 0 Å². The first-order chi connectivity index (χ1) is 12.2. The van der Waals surface area contributed by atoms with E-state index in [1.165, 1.54) is 36.8 Å². The number of methoxy groups -OCH3 is 2. The average molecular weight is 475 g/mol. The van der Waals surface area contributed by atoms with E-state index < -0.39 is 0 Å². The second kappa shape index (κ2) is 12.5. The fourth-order valence-electron chi connectivity index (χ4n) is 3.63. The van der Waals surface area contributed by atoms with Crippen LogP contribution < -0.4 is 10.6 Å². The molecule has 1 saturated carbocycles. The number of rotatable bonds is 9. The van der Waals surface area contributed by atoms with Crippen molar-refractivity contribution >= 4 is 29.9 Å². The molecular formula is C20H34IN3O2. The van der Waals surface area contributed by atoms with Gasteiger partial charge in [-0.05, 0) is 35.8 Å². The van der Waals surface area contributed by atoms with E-state index in [4.69, 9.17) is 9.47 Å². The molecule has 1 fully saturated rings. The molecule has 0 aliphatic heterocycles. The first kappa shape index (κ1) is 23.2. The van der Waals surface area contributed by atoms with Crippen molar-refractivity contribution in [3.63, 3.8) is 0 Å². The summed E-state index contributed by atoms with van der Waals surface area (Å²) in [5.74, 6) is 0.862. The van der Waals surface area contributed by atoms with Gasteiger partial charge in [-0.15, -0.1) is 24.0 Å². The van der Waals surface area contributed by atoms with Gasteiger partial charge in [-0.25, -0.2) is 0 Å². The third kappa shape index (κ3) is 7.40. The first-order valence-corrected chi connectivity index (χ1v) is 9.21. The Morgan fingerprint density at radius 2 is 1.85 bits per heavy atom. The molecule has 2 rings (SSSR count). The molecule has 0 aromatic heterocycles. The molecule has 0 amide bonds. The monoisotopic (exact) mass is 475 g/mol. The van der Waals surface area contributed by atoms with Crippen molar-refractivity contribution in [1.29, 1.82) is 0 Å². The van der Waals surface area contributed by atoms with E-state index in [1.807, 2.05) is 7.05 Å². The summed E-state index contributed by atoms with van der Waals surface area (Å²) in [6.45, 7) is 3.19. The van der Waals surface area contributed by atoms with Crippen LogP contribution in [0.3, 0.4) is 0 Å². The van der Waals surface area contributed by atoms with Crippen LogP contribution in [0.1, 0.15) is 43.2 Å². The van der Waals surface area contributed by atoms with Crippen LogP contribution in [0, 0.1) is 5.41 Å². The Balaban J connectivity index is 0.00000338. The molecule has 6 heteroatoms. The van der Waals surface area contributed by atoms with E-state index in [9.17, 15) is 0 Å². The number of benzene rings is 1. The molecule has 0 spiro atoms. The number of guanidine groups is 1. The Hall–Kier alpha value is -0.860. The third-order valence-electron chi connectivity index (χ3n) is 5.12. The highest BCUT2D eigenvalue weighted by Gasteiger charge is 2.33. The van der Waals surface area contributed by atoms with Crippen LogP contribution in [0.2, 0.25) is 0 Å². The van der Waals surface area contributed by atoms with E-state index >= 15 is 0 Å². The molecule has 0 saturated heterocycles. The third-order valence-corrected chi connectivity index (χ3v) is 5.12. The van der Waals surface area contributed by atoms with Crippen LogP contribution in [0.4, 0.5) is 0 Å². The van der Waals surface area contributed by atoms with Gasteiger partial charge in [-0.3, -0.25) is 4.99 Å². The summed E-state index contributed by atoms with van der Waals surface area (Å²) in [6, 6.07) is 8.44. The molecule has 5 nitrogen and oxygen atoms in total. The van der Waals surface area contributed by atoms with E-state index in [0.29, 0.717) is 12.0 Å². The molecule has 1 aliphatic rings. The van der Waals surface area contributed by atoms with Gasteiger partial charge in [0.2, 0.25) is 0 Å². The van der Waals surface area contributed by atoms with Crippen LogP contribution in [-0.2, 0) is 22.6 Å². The molecule has 0 bridgehead atoms. The summed E-state index contributed by atoms with van der Waals surface area (Å²) in [7, 11) is 5.33. The fraction of sp³-hybridized carbons (Fsp3) is 0.650. The highest BCUT2D eigenvalue weighted by Crippen LogP contribution is 2.40. The zero-order valence-electron chi connectivity index (χ0n) is 16.3. The Kier molecular flexibility index (Phi) is 11.2. The van der Waals surface area contributed by atoms with E-state index in [2.05, 4.69) is 39.9 Å². The fourth-order valence-corrected chi connectivity index (χ4v) is 3.63. The topological polar surface area (TPSA) is 54.9 Å². The second-order valence-corrected chi connectivity index (χ2v) is 6.98. The molecular weight excluding hydrogens is 441 g/mol. The number of hydrogen-bond donors (Lipinski definition) is 2. The molecule has 0 heterocycles. The largest absolute Gasteiger partial charge is 0.385 e. The van der Waals surface area contributed by atoms with Gasteiger partial charge < -0.3 is 20.1 Å². The Labute approximate surface area is 175 Å². The van der Waals surface area contributed by atoms with Crippen LogP contribution in [0.25, 0.3) is 0 Å². The lowest BCUT2D eigenvalue weighted by Gasteiger charge is -2.30. The van der Waals surface area contributed by atoms with Gasteiger partial charge in [-0.2, -0.15) is 0 Å². The van der Waals surface area contributed by atoms with Crippen molar-refractivity contribution < 1.29 is 9.47 Å². The molecule has 1 aromatic rings. The standard InChI is InChI=1S/C20H33N3O2.HI/c1-21-19(22-14-17-7-6-8-18(13-17)15-25-3)23-16-20(11-12-24-2)9-4-5-10-20;/h6-8,13H,4-5,9-12,14-16H2,1-3H3,(H2,21,22,23);1H. The van der Waals surface area contributed by atoms with Crippen molar-refractivity contribution in [2.45, 2.75) is 45.3 Å². The van der Waals surface area contributed by atoms with E-state index in [-0.39, 0.29) is 24.0 Å². The summed E-state index contributed by atoms with van der Waals surface area (Å²) in [5.41, 5.74) is 2.77. The van der Waals surface area contributed by atoms with Crippen molar-refractivity contribution in [3.05, 3.63) is 35.4 Å². The maximum Gasteiger partial charge on any atom is 0.191 e. The zero-order valence-corrected chi connectivity index (χ0v) is 18.7. The maximum absolute atomic E-state index is 5.31. The SMILES string of the molecule is CN=C(NCc1cccc(COC)c1)NCC1(CCOC)CCCC1.I. The van der Waals surface area contributed by atoms with Gasteiger partial charge >= 0.3 is 0 Å². The first-order valence-electron chi connectivity index (χ1n) is 9.21. The number of aliphatic imine (C=N–C) groups is 1. The quantitative estimate of drug-likeness (QED) is 0.325. The number of ether oxygens (including phenoxy) is 2. The van der Waals surface area contributed by atoms with Crippen molar-refractivity contribution in [2.24, 2.45) is 10.4 Å². The summed E-state index contributed by atoms with van der Waals surface area (Å²) in [4.78, 5) is 4.37. The van der Waals surface area contributed by atoms with E-state index in [0.717, 1.165) is 32.1 Å². The summed E-state index contributed by atoms with van der Waals surface area (Å²) < 4.78 is 10.5. The highest BCUT2D eigenvalue weighted by molar-refractivity contribution is 14.0. The summed E-state index contributed by atoms with van der Waals surface area (Å²) >= 11 is 0. The van der Waals surface area contributed by atoms with Crippen LogP contribution in [-0.4, -0.2) is 40.4 Å². The number of halogens is 1. The smallest absolute Gasteiger partial charge is 0.191 e. The van der Waals surface area contributed by atoms with Gasteiger partial charge in [0.1, 0.15) is 0 Å². The predicted octanol–water partition coefficient (Wildman–Crippen LogP) is 3.71. The molecule has 1 aliphatic carbocycles. The van der Waals surface area contributed by atoms with Gasteiger partial charge in [0.15, 0.2) is 5.96 Å². The molecule has 0 unspecified atom stereocenters. The van der Waals surface area contributed by atoms with Gasteiger partial charge in [0, 0.05) is 41.0 Å². The van der Waals surface area contributed by atoms with Crippen LogP contribution in [0.5, 0.6) is 0 Å². The molecule has 1 aromatic carbocycles. The molecule has 2 N–H and O–H groups in total. The Morgan fingerprint density at radius 1 is 1.12 bits per heavy atom. The lowest BCUT2D eigenvalue weighted by Crippen LogP contribution is -2.43. The molecule has 148 valence electrons. The van der Waals surface area contributed by atoms with E-state index in [1.54, 1.807) is 14.2 Å². The van der Waals surface area contributed by atoms with Gasteiger partial charge in [0.05, 0.1) is 6.61 Å². The zero-order chi connectivity index (χ0) is 18.0. The van der Waals surface area contributed by atoms with Crippen LogP contribution in [0.15, 0.2) is 29.3 Å². The average Bonchev–Trinajstić information content (AvgIpc) is 3.10.